The second-order valence-corrected chi connectivity index (χ2v) is 6.45. The predicted octanol–water partition coefficient (Wildman–Crippen LogP) is 5.37. The zero-order valence-corrected chi connectivity index (χ0v) is 14.9. The number of halogens is 2. The van der Waals surface area contributed by atoms with Crippen molar-refractivity contribution in [3.8, 4) is 0 Å². The Morgan fingerprint density at radius 3 is 2.30 bits per heavy atom. The molecule has 0 saturated heterocycles. The van der Waals surface area contributed by atoms with Gasteiger partial charge >= 0.3 is 0 Å². The standard InChI is InChI=1S/C19H21Cl2NO/c1-3-14-4-8-16(9-5-14)13(2)22-19(23)11-7-15-6-10-17(20)18(21)12-15/h4-6,8-10,12-13H,3,7,11H2,1-2H3,(H,22,23)/t13-/m1/s1. The molecule has 0 heterocycles. The van der Waals surface area contributed by atoms with Gasteiger partial charge < -0.3 is 5.32 Å². The highest BCUT2D eigenvalue weighted by atomic mass is 35.5. The van der Waals surface area contributed by atoms with Crippen LogP contribution in [0.15, 0.2) is 42.5 Å². The van der Waals surface area contributed by atoms with Crippen LogP contribution in [0.25, 0.3) is 0 Å². The summed E-state index contributed by atoms with van der Waals surface area (Å²) in [6.45, 7) is 4.13. The largest absolute Gasteiger partial charge is 0.350 e. The van der Waals surface area contributed by atoms with Crippen LogP contribution in [0.2, 0.25) is 10.0 Å². The van der Waals surface area contributed by atoms with E-state index >= 15 is 0 Å². The number of hydrogen-bond donors (Lipinski definition) is 1. The predicted molar refractivity (Wildman–Crippen MR) is 97.2 cm³/mol. The summed E-state index contributed by atoms with van der Waals surface area (Å²) in [5.74, 6) is 0.0307. The molecule has 0 saturated carbocycles. The molecule has 0 aliphatic carbocycles. The maximum absolute atomic E-state index is 12.1. The number of hydrogen-bond acceptors (Lipinski definition) is 1. The molecule has 0 radical (unpaired) electrons. The summed E-state index contributed by atoms with van der Waals surface area (Å²) in [6, 6.07) is 13.8. The first-order valence-electron chi connectivity index (χ1n) is 7.81. The Morgan fingerprint density at radius 2 is 1.70 bits per heavy atom. The van der Waals surface area contributed by atoms with Crippen LogP contribution in [-0.4, -0.2) is 5.91 Å². The van der Waals surface area contributed by atoms with Gasteiger partial charge in [-0.1, -0.05) is 60.5 Å². The molecule has 0 bridgehead atoms. The number of benzene rings is 2. The number of nitrogens with one attached hydrogen (secondary N) is 1. The first kappa shape index (κ1) is 17.8. The van der Waals surface area contributed by atoms with E-state index in [1.165, 1.54) is 5.56 Å². The Balaban J connectivity index is 1.86. The first-order valence-corrected chi connectivity index (χ1v) is 8.57. The molecule has 23 heavy (non-hydrogen) atoms. The lowest BCUT2D eigenvalue weighted by molar-refractivity contribution is -0.121. The van der Waals surface area contributed by atoms with Crippen molar-refractivity contribution in [2.75, 3.05) is 0 Å². The van der Waals surface area contributed by atoms with Gasteiger partial charge in [-0.05, 0) is 48.6 Å². The molecule has 1 N–H and O–H groups in total. The Hall–Kier alpha value is -1.51. The van der Waals surface area contributed by atoms with Crippen LogP contribution in [0.1, 0.15) is 43.0 Å². The summed E-state index contributed by atoms with van der Waals surface area (Å²) in [7, 11) is 0. The molecule has 2 nitrogen and oxygen atoms in total. The molecule has 1 atom stereocenters. The normalized spacial score (nSPS) is 12.0. The van der Waals surface area contributed by atoms with Gasteiger partial charge in [-0.25, -0.2) is 0 Å². The SMILES string of the molecule is CCc1ccc([C@@H](C)NC(=O)CCc2ccc(Cl)c(Cl)c2)cc1. The van der Waals surface area contributed by atoms with Crippen molar-refractivity contribution in [1.29, 1.82) is 0 Å². The van der Waals surface area contributed by atoms with E-state index in [1.807, 2.05) is 19.1 Å². The maximum atomic E-state index is 12.1. The molecule has 2 aromatic rings. The van der Waals surface area contributed by atoms with Gasteiger partial charge in [0.05, 0.1) is 16.1 Å². The van der Waals surface area contributed by atoms with Crippen LogP contribution in [0, 0.1) is 0 Å². The minimum absolute atomic E-state index is 0.00205. The third kappa shape index (κ3) is 5.26. The van der Waals surface area contributed by atoms with E-state index in [0.717, 1.165) is 17.5 Å². The van der Waals surface area contributed by atoms with E-state index in [2.05, 4.69) is 36.5 Å². The monoisotopic (exact) mass is 349 g/mol. The summed E-state index contributed by atoms with van der Waals surface area (Å²) < 4.78 is 0. The summed E-state index contributed by atoms with van der Waals surface area (Å²) in [5, 5.41) is 4.09. The fourth-order valence-corrected chi connectivity index (χ4v) is 2.71. The highest BCUT2D eigenvalue weighted by Gasteiger charge is 2.10. The minimum atomic E-state index is 0.00205. The third-order valence-electron chi connectivity index (χ3n) is 3.89. The number of aryl methyl sites for hydroxylation is 2. The topological polar surface area (TPSA) is 29.1 Å². The second-order valence-electron chi connectivity index (χ2n) is 5.63. The third-order valence-corrected chi connectivity index (χ3v) is 4.63. The van der Waals surface area contributed by atoms with Crippen molar-refractivity contribution in [2.45, 2.75) is 39.2 Å². The second kappa shape index (κ2) is 8.37. The Morgan fingerprint density at radius 1 is 1.04 bits per heavy atom. The quantitative estimate of drug-likeness (QED) is 0.746. The van der Waals surface area contributed by atoms with E-state index in [0.29, 0.717) is 22.9 Å². The maximum Gasteiger partial charge on any atom is 0.220 e. The average molecular weight is 350 g/mol. The highest BCUT2D eigenvalue weighted by molar-refractivity contribution is 6.42. The molecule has 122 valence electrons. The van der Waals surface area contributed by atoms with E-state index in [1.54, 1.807) is 6.07 Å². The van der Waals surface area contributed by atoms with Gasteiger partial charge in [0, 0.05) is 6.42 Å². The van der Waals surface area contributed by atoms with Gasteiger partial charge in [0.25, 0.3) is 0 Å². The van der Waals surface area contributed by atoms with Gasteiger partial charge in [-0.2, -0.15) is 0 Å². The summed E-state index contributed by atoms with van der Waals surface area (Å²) in [4.78, 5) is 12.1. The molecular formula is C19H21Cl2NO. The summed E-state index contributed by atoms with van der Waals surface area (Å²) >= 11 is 11.9. The summed E-state index contributed by atoms with van der Waals surface area (Å²) in [6.07, 6.45) is 2.09. The molecule has 0 aliphatic heterocycles. The minimum Gasteiger partial charge on any atom is -0.350 e. The highest BCUT2D eigenvalue weighted by Crippen LogP contribution is 2.23. The molecular weight excluding hydrogens is 329 g/mol. The molecule has 1 amide bonds. The molecule has 0 aromatic heterocycles. The Labute approximate surface area is 147 Å². The number of carbonyl (C=O) groups excluding carboxylic acids is 1. The number of carbonyl (C=O) groups is 1. The van der Waals surface area contributed by atoms with Gasteiger partial charge in [-0.3, -0.25) is 4.79 Å². The van der Waals surface area contributed by atoms with Crippen LogP contribution < -0.4 is 5.32 Å². The molecule has 0 fully saturated rings. The van der Waals surface area contributed by atoms with Crippen molar-refractivity contribution in [2.24, 2.45) is 0 Å². The average Bonchev–Trinajstić information content (AvgIpc) is 2.56. The van der Waals surface area contributed by atoms with Gasteiger partial charge in [0.15, 0.2) is 0 Å². The van der Waals surface area contributed by atoms with Crippen LogP contribution in [-0.2, 0) is 17.6 Å². The van der Waals surface area contributed by atoms with E-state index in [-0.39, 0.29) is 11.9 Å². The summed E-state index contributed by atoms with van der Waals surface area (Å²) in [5.41, 5.74) is 3.42. The molecule has 2 aromatic carbocycles. The lowest BCUT2D eigenvalue weighted by Crippen LogP contribution is -2.26. The molecule has 0 unspecified atom stereocenters. The Bertz CT molecular complexity index is 668. The van der Waals surface area contributed by atoms with Crippen LogP contribution >= 0.6 is 23.2 Å². The van der Waals surface area contributed by atoms with E-state index < -0.39 is 0 Å². The van der Waals surface area contributed by atoms with Gasteiger partial charge in [0.1, 0.15) is 0 Å². The Kier molecular flexibility index (Phi) is 6.49. The lowest BCUT2D eigenvalue weighted by Gasteiger charge is -2.15. The fourth-order valence-electron chi connectivity index (χ4n) is 2.39. The fraction of sp³-hybridized carbons (Fsp3) is 0.316. The van der Waals surface area contributed by atoms with Gasteiger partial charge in [0.2, 0.25) is 5.91 Å². The molecule has 0 aliphatic rings. The molecule has 2 rings (SSSR count). The molecule has 4 heteroatoms. The van der Waals surface area contributed by atoms with E-state index in [4.69, 9.17) is 23.2 Å². The molecule has 0 spiro atoms. The number of amides is 1. The van der Waals surface area contributed by atoms with Crippen molar-refractivity contribution in [1.82, 2.24) is 5.32 Å². The van der Waals surface area contributed by atoms with Crippen LogP contribution in [0.3, 0.4) is 0 Å². The van der Waals surface area contributed by atoms with Crippen molar-refractivity contribution in [3.63, 3.8) is 0 Å². The van der Waals surface area contributed by atoms with Crippen molar-refractivity contribution in [3.05, 3.63) is 69.2 Å². The zero-order chi connectivity index (χ0) is 16.8. The zero-order valence-electron chi connectivity index (χ0n) is 13.4. The van der Waals surface area contributed by atoms with Crippen molar-refractivity contribution >= 4 is 29.1 Å². The van der Waals surface area contributed by atoms with Crippen LogP contribution in [0.4, 0.5) is 0 Å². The van der Waals surface area contributed by atoms with Crippen LogP contribution in [0.5, 0.6) is 0 Å². The number of rotatable bonds is 6. The smallest absolute Gasteiger partial charge is 0.220 e. The lowest BCUT2D eigenvalue weighted by atomic mass is 10.0. The first-order chi connectivity index (χ1) is 11.0. The van der Waals surface area contributed by atoms with Gasteiger partial charge in [-0.15, -0.1) is 0 Å². The van der Waals surface area contributed by atoms with Crippen molar-refractivity contribution < 1.29 is 4.79 Å². The van der Waals surface area contributed by atoms with E-state index in [9.17, 15) is 4.79 Å².